The molecular weight excluding hydrogens is 405 g/mol. The van der Waals surface area contributed by atoms with Crippen LogP contribution in [0.15, 0.2) is 22.7 Å². The number of rotatable bonds is 4. The van der Waals surface area contributed by atoms with Gasteiger partial charge in [-0.3, -0.25) is 4.79 Å². The summed E-state index contributed by atoms with van der Waals surface area (Å²) >= 11 is 5.65. The van der Waals surface area contributed by atoms with Gasteiger partial charge >= 0.3 is 0 Å². The highest BCUT2D eigenvalue weighted by Gasteiger charge is 2.42. The van der Waals surface area contributed by atoms with Crippen molar-refractivity contribution in [1.82, 2.24) is 5.32 Å². The molecule has 0 heterocycles. The van der Waals surface area contributed by atoms with Crippen molar-refractivity contribution in [1.29, 1.82) is 0 Å². The first-order valence-electron chi connectivity index (χ1n) is 6.41. The van der Waals surface area contributed by atoms with E-state index < -0.39 is 0 Å². The summed E-state index contributed by atoms with van der Waals surface area (Å²) in [6.45, 7) is 0. The molecule has 1 aromatic carbocycles. The SMILES string of the molecule is O=C(NC(C1CC1)C1CC1)c1cc(Br)ccc1I. The molecule has 2 fully saturated rings. The lowest BCUT2D eigenvalue weighted by Gasteiger charge is -2.18. The molecule has 0 aromatic heterocycles. The van der Waals surface area contributed by atoms with Crippen molar-refractivity contribution in [3.8, 4) is 0 Å². The average molecular weight is 420 g/mol. The van der Waals surface area contributed by atoms with Gasteiger partial charge in [-0.05, 0) is 78.3 Å². The number of amides is 1. The maximum Gasteiger partial charge on any atom is 0.252 e. The van der Waals surface area contributed by atoms with E-state index in [1.165, 1.54) is 25.7 Å². The molecule has 2 aliphatic carbocycles. The predicted molar refractivity (Wildman–Crippen MR) is 83.6 cm³/mol. The second-order valence-corrected chi connectivity index (χ2v) is 7.38. The number of carbonyl (C=O) groups excluding carboxylic acids is 1. The van der Waals surface area contributed by atoms with Gasteiger partial charge in [-0.1, -0.05) is 15.9 Å². The van der Waals surface area contributed by atoms with Crippen LogP contribution in [-0.2, 0) is 0 Å². The van der Waals surface area contributed by atoms with Crippen LogP contribution < -0.4 is 5.32 Å². The normalized spacial score (nSPS) is 19.1. The quantitative estimate of drug-likeness (QED) is 0.735. The fourth-order valence-electron chi connectivity index (χ4n) is 2.43. The van der Waals surface area contributed by atoms with Crippen LogP contribution in [-0.4, -0.2) is 11.9 Å². The van der Waals surface area contributed by atoms with Crippen LogP contribution in [0.3, 0.4) is 0 Å². The van der Waals surface area contributed by atoms with Gasteiger partial charge in [0, 0.05) is 14.1 Å². The Morgan fingerprint density at radius 1 is 1.28 bits per heavy atom. The first kappa shape index (κ1) is 12.9. The second-order valence-electron chi connectivity index (χ2n) is 5.30. The fraction of sp³-hybridized carbons (Fsp3) is 0.500. The van der Waals surface area contributed by atoms with Crippen LogP contribution in [0.1, 0.15) is 36.0 Å². The van der Waals surface area contributed by atoms with Crippen LogP contribution in [0.5, 0.6) is 0 Å². The van der Waals surface area contributed by atoms with Crippen LogP contribution in [0.4, 0.5) is 0 Å². The zero-order valence-electron chi connectivity index (χ0n) is 9.96. The molecule has 0 spiro atoms. The van der Waals surface area contributed by atoms with Crippen molar-refractivity contribution >= 4 is 44.4 Å². The number of carbonyl (C=O) groups is 1. The molecule has 2 aliphatic rings. The van der Waals surface area contributed by atoms with E-state index in [1.54, 1.807) is 0 Å². The summed E-state index contributed by atoms with van der Waals surface area (Å²) < 4.78 is 1.97. The minimum Gasteiger partial charge on any atom is -0.349 e. The number of halogens is 2. The highest BCUT2D eigenvalue weighted by Crippen LogP contribution is 2.44. The van der Waals surface area contributed by atoms with Crippen molar-refractivity contribution in [2.24, 2.45) is 11.8 Å². The van der Waals surface area contributed by atoms with Crippen molar-refractivity contribution in [2.45, 2.75) is 31.7 Å². The van der Waals surface area contributed by atoms with Crippen LogP contribution in [0.2, 0.25) is 0 Å². The summed E-state index contributed by atoms with van der Waals surface area (Å²) in [7, 11) is 0. The van der Waals surface area contributed by atoms with Gasteiger partial charge in [0.05, 0.1) is 5.56 Å². The van der Waals surface area contributed by atoms with Gasteiger partial charge in [0.25, 0.3) is 5.91 Å². The third kappa shape index (κ3) is 2.90. The topological polar surface area (TPSA) is 29.1 Å². The molecule has 0 aliphatic heterocycles. The predicted octanol–water partition coefficient (Wildman–Crippen LogP) is 3.97. The van der Waals surface area contributed by atoms with Crippen molar-refractivity contribution in [3.05, 3.63) is 31.8 Å². The van der Waals surface area contributed by atoms with Crippen LogP contribution in [0.25, 0.3) is 0 Å². The van der Waals surface area contributed by atoms with E-state index in [1.807, 2.05) is 18.2 Å². The molecule has 1 aromatic rings. The molecular formula is C14H15BrINO. The van der Waals surface area contributed by atoms with Crippen LogP contribution in [0, 0.1) is 15.4 Å². The van der Waals surface area contributed by atoms with Gasteiger partial charge in [-0.25, -0.2) is 0 Å². The van der Waals surface area contributed by atoms with Crippen molar-refractivity contribution < 1.29 is 4.79 Å². The molecule has 1 N–H and O–H groups in total. The number of nitrogens with one attached hydrogen (secondary N) is 1. The lowest BCUT2D eigenvalue weighted by molar-refractivity contribution is 0.0925. The Bertz CT molecular complexity index is 471. The number of hydrogen-bond donors (Lipinski definition) is 1. The molecule has 0 atom stereocenters. The Labute approximate surface area is 129 Å². The Kier molecular flexibility index (Phi) is 3.67. The molecule has 0 bridgehead atoms. The minimum absolute atomic E-state index is 0.0875. The molecule has 18 heavy (non-hydrogen) atoms. The maximum absolute atomic E-state index is 12.4. The Hall–Kier alpha value is -0.100. The monoisotopic (exact) mass is 419 g/mol. The van der Waals surface area contributed by atoms with Gasteiger partial charge in [0.15, 0.2) is 0 Å². The maximum atomic E-state index is 12.4. The molecule has 2 saturated carbocycles. The molecule has 0 radical (unpaired) electrons. The van der Waals surface area contributed by atoms with E-state index in [-0.39, 0.29) is 5.91 Å². The second kappa shape index (κ2) is 5.12. The fourth-order valence-corrected chi connectivity index (χ4v) is 3.37. The van der Waals surface area contributed by atoms with E-state index in [9.17, 15) is 4.79 Å². The highest BCUT2D eigenvalue weighted by atomic mass is 127. The van der Waals surface area contributed by atoms with E-state index in [4.69, 9.17) is 0 Å². The molecule has 3 rings (SSSR count). The van der Waals surface area contributed by atoms with E-state index in [0.29, 0.717) is 6.04 Å². The lowest BCUT2D eigenvalue weighted by atomic mass is 10.1. The first-order chi connectivity index (χ1) is 8.65. The zero-order valence-corrected chi connectivity index (χ0v) is 13.7. The minimum atomic E-state index is 0.0875. The van der Waals surface area contributed by atoms with E-state index in [2.05, 4.69) is 43.8 Å². The number of benzene rings is 1. The largest absolute Gasteiger partial charge is 0.349 e. The molecule has 4 heteroatoms. The molecule has 1 amide bonds. The standard InChI is InChI=1S/C14H15BrINO/c15-10-5-6-12(16)11(7-10)14(18)17-13(8-1-2-8)9-3-4-9/h5-9,13H,1-4H2,(H,17,18). The third-order valence-electron chi connectivity index (χ3n) is 3.73. The van der Waals surface area contributed by atoms with Crippen molar-refractivity contribution in [3.63, 3.8) is 0 Å². The highest BCUT2D eigenvalue weighted by molar-refractivity contribution is 14.1. The Balaban J connectivity index is 1.75. The zero-order chi connectivity index (χ0) is 12.7. The summed E-state index contributed by atoms with van der Waals surface area (Å²) in [6.07, 6.45) is 5.15. The summed E-state index contributed by atoms with van der Waals surface area (Å²) in [5, 5.41) is 3.26. The average Bonchev–Trinajstić information content (AvgIpc) is 3.21. The Morgan fingerprint density at radius 2 is 1.89 bits per heavy atom. The van der Waals surface area contributed by atoms with Gasteiger partial charge in [0.2, 0.25) is 0 Å². The molecule has 96 valence electrons. The van der Waals surface area contributed by atoms with Crippen LogP contribution >= 0.6 is 38.5 Å². The lowest BCUT2D eigenvalue weighted by Crippen LogP contribution is -2.38. The van der Waals surface area contributed by atoms with Gasteiger partial charge in [-0.15, -0.1) is 0 Å². The summed E-state index contributed by atoms with van der Waals surface area (Å²) in [4.78, 5) is 12.4. The molecule has 2 nitrogen and oxygen atoms in total. The van der Waals surface area contributed by atoms with Gasteiger partial charge in [0.1, 0.15) is 0 Å². The molecule has 0 unspecified atom stereocenters. The van der Waals surface area contributed by atoms with Gasteiger partial charge < -0.3 is 5.32 Å². The van der Waals surface area contributed by atoms with Crippen molar-refractivity contribution in [2.75, 3.05) is 0 Å². The van der Waals surface area contributed by atoms with Gasteiger partial charge in [-0.2, -0.15) is 0 Å². The van der Waals surface area contributed by atoms with E-state index in [0.717, 1.165) is 25.4 Å². The molecule has 0 saturated heterocycles. The van der Waals surface area contributed by atoms with E-state index >= 15 is 0 Å². The summed E-state index contributed by atoms with van der Waals surface area (Å²) in [5.41, 5.74) is 0.788. The number of hydrogen-bond acceptors (Lipinski definition) is 1. The Morgan fingerprint density at radius 3 is 2.44 bits per heavy atom. The summed E-state index contributed by atoms with van der Waals surface area (Å²) in [5.74, 6) is 1.57. The smallest absolute Gasteiger partial charge is 0.252 e. The summed E-state index contributed by atoms with van der Waals surface area (Å²) in [6, 6.07) is 6.28. The first-order valence-corrected chi connectivity index (χ1v) is 8.28. The third-order valence-corrected chi connectivity index (χ3v) is 5.16.